The molecule has 0 saturated carbocycles. The van der Waals surface area contributed by atoms with Gasteiger partial charge in [0.25, 0.3) is 0 Å². The molecule has 0 radical (unpaired) electrons. The maximum atomic E-state index is 13.1. The second-order valence-electron chi connectivity index (χ2n) is 3.35. The average Bonchev–Trinajstić information content (AvgIpc) is 2.76. The van der Waals surface area contributed by atoms with Crippen molar-refractivity contribution < 1.29 is 4.39 Å². The van der Waals surface area contributed by atoms with Crippen molar-refractivity contribution in [3.8, 4) is 0 Å². The number of halogens is 1. The van der Waals surface area contributed by atoms with Gasteiger partial charge in [-0.05, 0) is 18.2 Å². The van der Waals surface area contributed by atoms with Crippen LogP contribution in [-0.4, -0.2) is 12.0 Å². The lowest BCUT2D eigenvalue weighted by atomic mass is 10.3. The van der Waals surface area contributed by atoms with Crippen molar-refractivity contribution in [1.82, 2.24) is 4.98 Å². The summed E-state index contributed by atoms with van der Waals surface area (Å²) >= 11 is 1.51. The van der Waals surface area contributed by atoms with E-state index in [0.717, 1.165) is 15.7 Å². The van der Waals surface area contributed by atoms with Gasteiger partial charge in [-0.1, -0.05) is 6.07 Å². The van der Waals surface area contributed by atoms with Gasteiger partial charge in [-0.25, -0.2) is 9.37 Å². The summed E-state index contributed by atoms with van der Waals surface area (Å²) in [5, 5.41) is 0.811. The van der Waals surface area contributed by atoms with Crippen molar-refractivity contribution in [2.45, 2.75) is 6.54 Å². The Kier molecular flexibility index (Phi) is 3.17. The molecule has 0 aliphatic carbocycles. The average molecular weight is 237 g/mol. The molecule has 0 spiro atoms. The highest BCUT2D eigenvalue weighted by atomic mass is 32.1. The van der Waals surface area contributed by atoms with E-state index in [1.54, 1.807) is 12.3 Å². The van der Waals surface area contributed by atoms with Crippen LogP contribution in [0.5, 0.6) is 0 Å². The van der Waals surface area contributed by atoms with Gasteiger partial charge >= 0.3 is 0 Å². The Labute approximate surface area is 97.3 Å². The quantitative estimate of drug-likeness (QED) is 0.891. The summed E-state index contributed by atoms with van der Waals surface area (Å²) in [5.74, 6) is -0.250. The lowest BCUT2D eigenvalue weighted by Crippen LogP contribution is -2.08. The lowest BCUT2D eigenvalue weighted by Gasteiger charge is -2.15. The molecule has 84 valence electrons. The van der Waals surface area contributed by atoms with E-state index in [9.17, 15) is 4.39 Å². The Bertz CT molecular complexity index is 484. The molecule has 2 aromatic rings. The first-order valence-electron chi connectivity index (χ1n) is 4.85. The summed E-state index contributed by atoms with van der Waals surface area (Å²) in [6.45, 7) is 0.481. The molecular weight excluding hydrogens is 225 g/mol. The molecule has 1 aromatic carbocycles. The smallest absolute Gasteiger partial charge is 0.189 e. The largest absolute Gasteiger partial charge is 0.326 e. The molecule has 0 bridgehead atoms. The van der Waals surface area contributed by atoms with Crippen molar-refractivity contribution in [3.63, 3.8) is 0 Å². The molecule has 2 N–H and O–H groups in total. The summed E-state index contributed by atoms with van der Waals surface area (Å²) in [5.41, 5.74) is 6.29. The van der Waals surface area contributed by atoms with Crippen LogP contribution in [0.25, 0.3) is 0 Å². The predicted molar refractivity (Wildman–Crippen MR) is 64.5 cm³/mol. The van der Waals surface area contributed by atoms with Gasteiger partial charge in [-0.15, -0.1) is 11.3 Å². The third kappa shape index (κ3) is 2.20. The van der Waals surface area contributed by atoms with E-state index < -0.39 is 0 Å². The molecule has 0 fully saturated rings. The number of anilines is 2. The van der Waals surface area contributed by atoms with E-state index in [0.29, 0.717) is 6.54 Å². The Balaban J connectivity index is 2.27. The molecule has 0 aliphatic rings. The summed E-state index contributed by atoms with van der Waals surface area (Å²) in [7, 11) is 1.86. The summed E-state index contributed by atoms with van der Waals surface area (Å²) in [4.78, 5) is 7.09. The second-order valence-corrected chi connectivity index (χ2v) is 4.45. The van der Waals surface area contributed by atoms with E-state index in [-0.39, 0.29) is 5.82 Å². The van der Waals surface area contributed by atoms with Gasteiger partial charge in [0.15, 0.2) is 5.13 Å². The van der Waals surface area contributed by atoms with Crippen LogP contribution in [0.1, 0.15) is 4.88 Å². The minimum absolute atomic E-state index is 0.250. The molecule has 5 heteroatoms. The number of nitrogens with zero attached hydrogens (tertiary/aromatic N) is 2. The van der Waals surface area contributed by atoms with Crippen molar-refractivity contribution >= 4 is 22.2 Å². The molecule has 0 amide bonds. The SMILES string of the molecule is CN(c1cccc(F)c1)c1ncc(CN)s1. The van der Waals surface area contributed by atoms with E-state index in [4.69, 9.17) is 5.73 Å². The van der Waals surface area contributed by atoms with Crippen LogP contribution in [-0.2, 0) is 6.54 Å². The highest BCUT2D eigenvalue weighted by molar-refractivity contribution is 7.15. The highest BCUT2D eigenvalue weighted by Crippen LogP contribution is 2.27. The van der Waals surface area contributed by atoms with Crippen LogP contribution in [0.4, 0.5) is 15.2 Å². The topological polar surface area (TPSA) is 42.2 Å². The summed E-state index contributed by atoms with van der Waals surface area (Å²) < 4.78 is 13.1. The van der Waals surface area contributed by atoms with Crippen LogP contribution in [0.15, 0.2) is 30.5 Å². The van der Waals surface area contributed by atoms with Gasteiger partial charge in [-0.2, -0.15) is 0 Å². The van der Waals surface area contributed by atoms with Crippen molar-refractivity contribution in [1.29, 1.82) is 0 Å². The Morgan fingerprint density at radius 2 is 2.31 bits per heavy atom. The first-order valence-corrected chi connectivity index (χ1v) is 5.66. The number of thiazole rings is 1. The Morgan fingerprint density at radius 1 is 1.50 bits per heavy atom. The minimum Gasteiger partial charge on any atom is -0.326 e. The maximum absolute atomic E-state index is 13.1. The fourth-order valence-corrected chi connectivity index (χ4v) is 2.11. The number of hydrogen-bond donors (Lipinski definition) is 1. The first-order chi connectivity index (χ1) is 7.70. The number of benzene rings is 1. The fourth-order valence-electron chi connectivity index (χ4n) is 1.34. The van der Waals surface area contributed by atoms with E-state index in [1.165, 1.54) is 23.5 Å². The van der Waals surface area contributed by atoms with Gasteiger partial charge in [0.1, 0.15) is 5.82 Å². The third-order valence-electron chi connectivity index (χ3n) is 2.22. The van der Waals surface area contributed by atoms with Crippen LogP contribution < -0.4 is 10.6 Å². The number of rotatable bonds is 3. The Morgan fingerprint density at radius 3 is 2.94 bits per heavy atom. The molecule has 3 nitrogen and oxygen atoms in total. The maximum Gasteiger partial charge on any atom is 0.189 e. The molecule has 0 atom stereocenters. The van der Waals surface area contributed by atoms with Gasteiger partial charge in [0, 0.05) is 30.4 Å². The molecular formula is C11H12FN3S. The van der Waals surface area contributed by atoms with Gasteiger partial charge < -0.3 is 10.6 Å². The highest BCUT2D eigenvalue weighted by Gasteiger charge is 2.08. The number of hydrogen-bond acceptors (Lipinski definition) is 4. The summed E-state index contributed by atoms with van der Waals surface area (Å²) in [6, 6.07) is 6.42. The zero-order chi connectivity index (χ0) is 11.5. The van der Waals surface area contributed by atoms with Crippen LogP contribution in [0.2, 0.25) is 0 Å². The standard InChI is InChI=1S/C11H12FN3S/c1-15(9-4-2-3-8(12)5-9)11-14-7-10(6-13)16-11/h2-5,7H,6,13H2,1H3. The lowest BCUT2D eigenvalue weighted by molar-refractivity contribution is 0.628. The molecule has 16 heavy (non-hydrogen) atoms. The van der Waals surface area contributed by atoms with E-state index in [1.807, 2.05) is 18.0 Å². The van der Waals surface area contributed by atoms with Crippen molar-refractivity contribution in [2.24, 2.45) is 5.73 Å². The van der Waals surface area contributed by atoms with Crippen molar-refractivity contribution in [2.75, 3.05) is 11.9 Å². The van der Waals surface area contributed by atoms with Gasteiger partial charge in [-0.3, -0.25) is 0 Å². The zero-order valence-electron chi connectivity index (χ0n) is 8.85. The van der Waals surface area contributed by atoms with Gasteiger partial charge in [0.05, 0.1) is 0 Å². The zero-order valence-corrected chi connectivity index (χ0v) is 9.67. The van der Waals surface area contributed by atoms with Crippen LogP contribution in [0, 0.1) is 5.82 Å². The molecule has 1 heterocycles. The minimum atomic E-state index is -0.250. The van der Waals surface area contributed by atoms with Crippen LogP contribution >= 0.6 is 11.3 Å². The molecule has 0 unspecified atom stereocenters. The number of aromatic nitrogens is 1. The van der Waals surface area contributed by atoms with Gasteiger partial charge in [0.2, 0.25) is 0 Å². The first kappa shape index (κ1) is 11.0. The molecule has 0 saturated heterocycles. The monoisotopic (exact) mass is 237 g/mol. The molecule has 2 rings (SSSR count). The fraction of sp³-hybridized carbons (Fsp3) is 0.182. The van der Waals surface area contributed by atoms with Crippen molar-refractivity contribution in [3.05, 3.63) is 41.2 Å². The predicted octanol–water partition coefficient (Wildman–Crippen LogP) is 2.51. The third-order valence-corrected chi connectivity index (χ3v) is 3.32. The second kappa shape index (κ2) is 4.59. The van der Waals surface area contributed by atoms with E-state index >= 15 is 0 Å². The Hall–Kier alpha value is -1.46. The molecule has 1 aromatic heterocycles. The van der Waals surface area contributed by atoms with E-state index in [2.05, 4.69) is 4.98 Å². The van der Waals surface area contributed by atoms with Crippen LogP contribution in [0.3, 0.4) is 0 Å². The summed E-state index contributed by atoms with van der Waals surface area (Å²) in [6.07, 6.45) is 1.75. The number of nitrogens with two attached hydrogens (primary N) is 1. The normalized spacial score (nSPS) is 10.4. The molecule has 0 aliphatic heterocycles.